The lowest BCUT2D eigenvalue weighted by Crippen LogP contribution is -2.39. The van der Waals surface area contributed by atoms with Gasteiger partial charge in [0.15, 0.2) is 11.7 Å². The Morgan fingerprint density at radius 1 is 1.41 bits per heavy atom. The van der Waals surface area contributed by atoms with Crippen molar-refractivity contribution in [2.45, 2.75) is 25.9 Å². The summed E-state index contributed by atoms with van der Waals surface area (Å²) in [5.41, 5.74) is 8.43. The topological polar surface area (TPSA) is 82.0 Å². The number of aliphatic imine (C=N–C) groups is 1. The van der Waals surface area contributed by atoms with E-state index in [2.05, 4.69) is 26.5 Å². The second kappa shape index (κ2) is 5.22. The maximum Gasteiger partial charge on any atom is 0.175 e. The lowest BCUT2D eigenvalue weighted by molar-refractivity contribution is 0.453. The van der Waals surface area contributed by atoms with E-state index >= 15 is 0 Å². The van der Waals surface area contributed by atoms with E-state index in [-0.39, 0.29) is 0 Å². The summed E-state index contributed by atoms with van der Waals surface area (Å²) in [6, 6.07) is 0. The molecule has 0 amide bonds. The Bertz CT molecular complexity index is 771. The zero-order chi connectivity index (χ0) is 15.7. The molecule has 6 heteroatoms. The third-order valence-corrected chi connectivity index (χ3v) is 3.89. The summed E-state index contributed by atoms with van der Waals surface area (Å²) in [5, 5.41) is 0. The molecule has 1 aliphatic rings. The summed E-state index contributed by atoms with van der Waals surface area (Å²) >= 11 is 0. The Morgan fingerprint density at radius 3 is 2.86 bits per heavy atom. The highest BCUT2D eigenvalue weighted by atomic mass is 15.2. The van der Waals surface area contributed by atoms with Gasteiger partial charge in [-0.1, -0.05) is 12.7 Å². The van der Waals surface area contributed by atoms with Gasteiger partial charge in [-0.3, -0.25) is 4.99 Å². The lowest BCUT2D eigenvalue weighted by atomic mass is 9.90. The van der Waals surface area contributed by atoms with Crippen molar-refractivity contribution in [3.63, 3.8) is 0 Å². The second-order valence-electron chi connectivity index (χ2n) is 5.63. The van der Waals surface area contributed by atoms with Crippen molar-refractivity contribution in [1.29, 1.82) is 0 Å². The first-order valence-corrected chi connectivity index (χ1v) is 6.99. The van der Waals surface area contributed by atoms with Crippen LogP contribution in [0.2, 0.25) is 0 Å². The first-order valence-electron chi connectivity index (χ1n) is 6.99. The van der Waals surface area contributed by atoms with Crippen LogP contribution in [0.1, 0.15) is 25.2 Å². The van der Waals surface area contributed by atoms with Crippen molar-refractivity contribution < 1.29 is 0 Å². The van der Waals surface area contributed by atoms with Gasteiger partial charge < -0.3 is 10.3 Å². The van der Waals surface area contributed by atoms with Crippen LogP contribution in [0.4, 0.5) is 0 Å². The fraction of sp³-hybridized carbons (Fsp3) is 0.250. The molecule has 3 heterocycles. The van der Waals surface area contributed by atoms with Gasteiger partial charge in [-0.25, -0.2) is 15.0 Å². The maximum atomic E-state index is 6.03. The number of hydrogen-bond donors (Lipinski definition) is 1. The minimum absolute atomic E-state index is 0.439. The standard InChI is InChI=1S/C16H18N6/c1-11(13-7-18-10-19-8-13)6-12(2)16(3)9-22-5-4-20-15(22)14(17)21-16/h4-8,10H,2,9H2,1,3H3,(H2,17,21)/b11-6+. The highest BCUT2D eigenvalue weighted by molar-refractivity contribution is 5.95. The number of amidine groups is 1. The van der Waals surface area contributed by atoms with Crippen LogP contribution in [0.3, 0.4) is 0 Å². The zero-order valence-electron chi connectivity index (χ0n) is 12.7. The van der Waals surface area contributed by atoms with Crippen molar-refractivity contribution in [2.24, 2.45) is 10.7 Å². The SMILES string of the molecule is C=C(/C=C(\C)c1cncnc1)C1(C)Cn2ccnc2C(N)=N1. The molecule has 0 radical (unpaired) electrons. The molecule has 1 aliphatic heterocycles. The van der Waals surface area contributed by atoms with Crippen LogP contribution in [0, 0.1) is 0 Å². The highest BCUT2D eigenvalue weighted by Gasteiger charge is 2.32. The molecule has 0 aliphatic carbocycles. The number of fused-ring (bicyclic) bond motifs is 1. The quantitative estimate of drug-likeness (QED) is 0.875. The van der Waals surface area contributed by atoms with E-state index in [9.17, 15) is 0 Å². The molecular weight excluding hydrogens is 276 g/mol. The summed E-state index contributed by atoms with van der Waals surface area (Å²) in [5.74, 6) is 1.15. The van der Waals surface area contributed by atoms with E-state index in [4.69, 9.17) is 5.73 Å². The molecule has 2 aromatic heterocycles. The van der Waals surface area contributed by atoms with E-state index < -0.39 is 5.54 Å². The fourth-order valence-electron chi connectivity index (χ4n) is 2.53. The molecule has 1 unspecified atom stereocenters. The van der Waals surface area contributed by atoms with Gasteiger partial charge in [0.1, 0.15) is 11.9 Å². The minimum Gasteiger partial charge on any atom is -0.381 e. The molecular formula is C16H18N6. The average molecular weight is 294 g/mol. The Balaban J connectivity index is 1.91. The molecule has 0 bridgehead atoms. The number of aromatic nitrogens is 4. The monoisotopic (exact) mass is 294 g/mol. The van der Waals surface area contributed by atoms with Crippen LogP contribution in [-0.4, -0.2) is 30.9 Å². The molecule has 0 fully saturated rings. The van der Waals surface area contributed by atoms with E-state index in [1.807, 2.05) is 30.7 Å². The van der Waals surface area contributed by atoms with Crippen molar-refractivity contribution in [3.8, 4) is 0 Å². The van der Waals surface area contributed by atoms with Gasteiger partial charge in [-0.15, -0.1) is 0 Å². The predicted molar refractivity (Wildman–Crippen MR) is 86.2 cm³/mol. The van der Waals surface area contributed by atoms with Gasteiger partial charge in [0, 0.05) is 30.4 Å². The Morgan fingerprint density at radius 2 is 2.14 bits per heavy atom. The molecule has 22 heavy (non-hydrogen) atoms. The number of nitrogens with zero attached hydrogens (tertiary/aromatic N) is 5. The van der Waals surface area contributed by atoms with Crippen LogP contribution >= 0.6 is 0 Å². The molecule has 3 rings (SSSR count). The normalized spacial score (nSPS) is 21.2. The van der Waals surface area contributed by atoms with Crippen LogP contribution in [0.5, 0.6) is 0 Å². The zero-order valence-corrected chi connectivity index (χ0v) is 12.7. The third kappa shape index (κ3) is 2.43. The molecule has 0 aromatic carbocycles. The first kappa shape index (κ1) is 14.2. The number of nitrogens with two attached hydrogens (primary N) is 1. The molecule has 2 N–H and O–H groups in total. The van der Waals surface area contributed by atoms with Crippen LogP contribution in [0.15, 0.2) is 54.3 Å². The van der Waals surface area contributed by atoms with E-state index in [1.165, 1.54) is 6.33 Å². The van der Waals surface area contributed by atoms with Gasteiger partial charge in [0.05, 0.1) is 6.54 Å². The number of imidazole rings is 1. The molecule has 112 valence electrons. The molecule has 2 aromatic rings. The van der Waals surface area contributed by atoms with Crippen LogP contribution in [-0.2, 0) is 6.54 Å². The Hall–Kier alpha value is -2.76. The Kier molecular flexibility index (Phi) is 3.36. The highest BCUT2D eigenvalue weighted by Crippen LogP contribution is 2.29. The summed E-state index contributed by atoms with van der Waals surface area (Å²) in [6.07, 6.45) is 10.7. The molecule has 6 nitrogen and oxygen atoms in total. The van der Waals surface area contributed by atoms with Gasteiger partial charge in [-0.05, 0) is 25.0 Å². The van der Waals surface area contributed by atoms with Crippen LogP contribution < -0.4 is 5.73 Å². The molecule has 0 spiro atoms. The van der Waals surface area contributed by atoms with Crippen molar-refractivity contribution in [3.05, 3.63) is 60.7 Å². The largest absolute Gasteiger partial charge is 0.381 e. The smallest absolute Gasteiger partial charge is 0.175 e. The third-order valence-electron chi connectivity index (χ3n) is 3.89. The molecule has 1 atom stereocenters. The lowest BCUT2D eigenvalue weighted by Gasteiger charge is -2.31. The fourth-order valence-corrected chi connectivity index (χ4v) is 2.53. The van der Waals surface area contributed by atoms with Gasteiger partial charge in [-0.2, -0.15) is 0 Å². The summed E-state index contributed by atoms with van der Waals surface area (Å²) < 4.78 is 2.00. The van der Waals surface area contributed by atoms with Crippen molar-refractivity contribution >= 4 is 11.4 Å². The number of hydrogen-bond acceptors (Lipinski definition) is 5. The van der Waals surface area contributed by atoms with E-state index in [0.29, 0.717) is 18.2 Å². The number of allylic oxidation sites excluding steroid dienone is 1. The summed E-state index contributed by atoms with van der Waals surface area (Å²) in [4.78, 5) is 16.9. The second-order valence-corrected chi connectivity index (χ2v) is 5.63. The van der Waals surface area contributed by atoms with Crippen molar-refractivity contribution in [2.75, 3.05) is 0 Å². The van der Waals surface area contributed by atoms with E-state index in [1.54, 1.807) is 18.6 Å². The first-order chi connectivity index (χ1) is 10.5. The van der Waals surface area contributed by atoms with Gasteiger partial charge >= 0.3 is 0 Å². The van der Waals surface area contributed by atoms with Gasteiger partial charge in [0.25, 0.3) is 0 Å². The summed E-state index contributed by atoms with van der Waals surface area (Å²) in [7, 11) is 0. The van der Waals surface area contributed by atoms with Crippen LogP contribution in [0.25, 0.3) is 5.57 Å². The van der Waals surface area contributed by atoms with E-state index in [0.717, 1.165) is 16.7 Å². The maximum absolute atomic E-state index is 6.03. The number of rotatable bonds is 3. The predicted octanol–water partition coefficient (Wildman–Crippen LogP) is 1.81. The summed E-state index contributed by atoms with van der Waals surface area (Å²) in [6.45, 7) is 8.89. The van der Waals surface area contributed by atoms with Crippen molar-refractivity contribution in [1.82, 2.24) is 19.5 Å². The van der Waals surface area contributed by atoms with Gasteiger partial charge in [0.2, 0.25) is 0 Å². The minimum atomic E-state index is -0.491. The molecule has 0 saturated heterocycles. The average Bonchev–Trinajstić information content (AvgIpc) is 2.96. The Labute approximate surface area is 129 Å². The molecule has 0 saturated carbocycles.